The number of halogens is 6. The first kappa shape index (κ1) is 38.0. The van der Waals surface area contributed by atoms with Gasteiger partial charge in [-0.3, -0.25) is 13.9 Å². The van der Waals surface area contributed by atoms with Crippen molar-refractivity contribution in [2.24, 2.45) is 0 Å². The maximum atomic E-state index is 14.5. The van der Waals surface area contributed by atoms with Crippen molar-refractivity contribution in [1.82, 2.24) is 10.2 Å². The Morgan fingerprint density at radius 2 is 1.51 bits per heavy atom. The molecule has 0 heterocycles. The van der Waals surface area contributed by atoms with Gasteiger partial charge in [-0.05, 0) is 74.4 Å². The Morgan fingerprint density at radius 3 is 2.10 bits per heavy atom. The Kier molecular flexibility index (Phi) is 12.3. The van der Waals surface area contributed by atoms with E-state index in [1.54, 1.807) is 63.2 Å². The summed E-state index contributed by atoms with van der Waals surface area (Å²) < 4.78 is 70.8. The molecule has 49 heavy (non-hydrogen) atoms. The summed E-state index contributed by atoms with van der Waals surface area (Å²) in [5, 5.41) is 2.68. The van der Waals surface area contributed by atoms with E-state index in [-0.39, 0.29) is 28.9 Å². The second kappa shape index (κ2) is 15.8. The molecular formula is C35H33Cl3F3N3O4S. The van der Waals surface area contributed by atoms with Crippen LogP contribution in [0.25, 0.3) is 0 Å². The summed E-state index contributed by atoms with van der Waals surface area (Å²) in [7, 11) is -4.65. The third-order valence-corrected chi connectivity index (χ3v) is 10.2. The molecule has 0 aliphatic carbocycles. The lowest BCUT2D eigenvalue weighted by molar-refractivity contribution is -0.140. The first-order valence-electron chi connectivity index (χ1n) is 15.0. The Balaban J connectivity index is 1.89. The average molecular weight is 755 g/mol. The van der Waals surface area contributed by atoms with Crippen LogP contribution in [-0.4, -0.2) is 43.8 Å². The summed E-state index contributed by atoms with van der Waals surface area (Å²) in [4.78, 5) is 29.3. The van der Waals surface area contributed by atoms with Crippen LogP contribution in [0.4, 0.5) is 18.9 Å². The predicted octanol–water partition coefficient (Wildman–Crippen LogP) is 8.33. The molecule has 4 aromatic carbocycles. The van der Waals surface area contributed by atoms with E-state index in [4.69, 9.17) is 34.8 Å². The molecule has 0 fully saturated rings. The molecule has 14 heteroatoms. The number of hydrogen-bond donors (Lipinski definition) is 1. The van der Waals surface area contributed by atoms with Crippen LogP contribution in [0.3, 0.4) is 0 Å². The fourth-order valence-corrected chi connectivity index (χ4v) is 7.12. The maximum Gasteiger partial charge on any atom is 0.417 e. The van der Waals surface area contributed by atoms with Crippen LogP contribution in [0, 0.1) is 6.92 Å². The molecule has 260 valence electrons. The largest absolute Gasteiger partial charge is 0.417 e. The molecule has 2 amide bonds. The van der Waals surface area contributed by atoms with Gasteiger partial charge in [0.2, 0.25) is 11.8 Å². The van der Waals surface area contributed by atoms with Crippen LogP contribution in [0.5, 0.6) is 0 Å². The van der Waals surface area contributed by atoms with Crippen LogP contribution < -0.4 is 9.62 Å². The molecule has 7 nitrogen and oxygen atoms in total. The molecule has 0 saturated heterocycles. The van der Waals surface area contributed by atoms with Gasteiger partial charge in [0.25, 0.3) is 10.0 Å². The number of hydrogen-bond acceptors (Lipinski definition) is 4. The molecule has 0 aliphatic heterocycles. The molecule has 0 spiro atoms. The van der Waals surface area contributed by atoms with Crippen LogP contribution in [-0.2, 0) is 38.8 Å². The van der Waals surface area contributed by atoms with Gasteiger partial charge in [-0.2, -0.15) is 13.2 Å². The number of rotatable bonds is 12. The molecule has 4 rings (SSSR count). The maximum absolute atomic E-state index is 14.5. The number of carbonyl (C=O) groups excluding carboxylic acids is 2. The monoisotopic (exact) mass is 753 g/mol. The van der Waals surface area contributed by atoms with Crippen molar-refractivity contribution in [1.29, 1.82) is 0 Å². The zero-order valence-electron chi connectivity index (χ0n) is 26.6. The van der Waals surface area contributed by atoms with Crippen molar-refractivity contribution >= 4 is 62.3 Å². The van der Waals surface area contributed by atoms with Gasteiger partial charge in [0, 0.05) is 29.1 Å². The van der Waals surface area contributed by atoms with Gasteiger partial charge in [0.1, 0.15) is 12.6 Å². The quantitative estimate of drug-likeness (QED) is 0.158. The summed E-state index contributed by atoms with van der Waals surface area (Å²) in [6.07, 6.45) is -4.90. The average Bonchev–Trinajstić information content (AvgIpc) is 3.02. The highest BCUT2D eigenvalue weighted by molar-refractivity contribution is 7.92. The minimum absolute atomic E-state index is 0.0280. The summed E-state index contributed by atoms with van der Waals surface area (Å²) in [6, 6.07) is 20.2. The molecule has 4 aromatic rings. The van der Waals surface area contributed by atoms with Crippen LogP contribution in [0.1, 0.15) is 36.1 Å². The van der Waals surface area contributed by atoms with Gasteiger partial charge in [-0.1, -0.05) is 88.9 Å². The number of nitrogens with one attached hydrogen (secondary N) is 1. The number of amides is 2. The minimum atomic E-state index is -4.93. The van der Waals surface area contributed by atoms with Gasteiger partial charge in [-0.25, -0.2) is 8.42 Å². The number of sulfonamides is 1. The number of aryl methyl sites for hydroxylation is 1. The highest BCUT2D eigenvalue weighted by Gasteiger charge is 2.38. The lowest BCUT2D eigenvalue weighted by Gasteiger charge is -2.34. The van der Waals surface area contributed by atoms with Crippen LogP contribution in [0.15, 0.2) is 95.9 Å². The Labute approximate surface area is 298 Å². The van der Waals surface area contributed by atoms with Crippen molar-refractivity contribution in [3.8, 4) is 0 Å². The smallest absolute Gasteiger partial charge is 0.352 e. The van der Waals surface area contributed by atoms with Gasteiger partial charge in [-0.15, -0.1) is 0 Å². The van der Waals surface area contributed by atoms with Gasteiger partial charge >= 0.3 is 6.18 Å². The molecule has 0 aliphatic rings. The second-order valence-corrected chi connectivity index (χ2v) is 14.7. The fraction of sp³-hybridized carbons (Fsp3) is 0.257. The first-order chi connectivity index (χ1) is 23.0. The van der Waals surface area contributed by atoms with Crippen molar-refractivity contribution in [2.45, 2.75) is 56.9 Å². The number of alkyl halides is 3. The third kappa shape index (κ3) is 9.69. The highest BCUT2D eigenvalue weighted by Crippen LogP contribution is 2.38. The predicted molar refractivity (Wildman–Crippen MR) is 186 cm³/mol. The second-order valence-electron chi connectivity index (χ2n) is 11.6. The fourth-order valence-electron chi connectivity index (χ4n) is 5.02. The molecule has 1 N–H and O–H groups in total. The van der Waals surface area contributed by atoms with E-state index in [1.165, 1.54) is 35.2 Å². The summed E-state index contributed by atoms with van der Waals surface area (Å²) in [6.45, 7) is 4.00. The van der Waals surface area contributed by atoms with Gasteiger partial charge < -0.3 is 10.2 Å². The van der Waals surface area contributed by atoms with E-state index in [9.17, 15) is 31.2 Å². The van der Waals surface area contributed by atoms with Crippen molar-refractivity contribution in [3.05, 3.63) is 128 Å². The lowest BCUT2D eigenvalue weighted by atomic mass is 10.0. The van der Waals surface area contributed by atoms with E-state index in [1.807, 2.05) is 0 Å². The third-order valence-electron chi connectivity index (χ3n) is 7.49. The topological polar surface area (TPSA) is 86.8 Å². The molecule has 1 atom stereocenters. The highest BCUT2D eigenvalue weighted by atomic mass is 35.5. The number of nitrogens with zero attached hydrogens (tertiary/aromatic N) is 2. The zero-order valence-corrected chi connectivity index (χ0v) is 29.7. The molecule has 0 radical (unpaired) electrons. The van der Waals surface area contributed by atoms with E-state index >= 15 is 0 Å². The van der Waals surface area contributed by atoms with Crippen LogP contribution >= 0.6 is 34.8 Å². The Hall–Kier alpha value is -3.77. The van der Waals surface area contributed by atoms with Crippen molar-refractivity contribution < 1.29 is 31.2 Å². The lowest BCUT2D eigenvalue weighted by Crippen LogP contribution is -2.54. The number of benzene rings is 4. The first-order valence-corrected chi connectivity index (χ1v) is 17.6. The molecule has 0 unspecified atom stereocenters. The number of anilines is 1. The number of carbonyl (C=O) groups is 2. The van der Waals surface area contributed by atoms with E-state index < -0.39 is 56.9 Å². The van der Waals surface area contributed by atoms with Gasteiger partial charge in [0.15, 0.2) is 0 Å². The van der Waals surface area contributed by atoms with E-state index in [0.29, 0.717) is 26.5 Å². The standard InChI is InChI=1S/C35H33Cl3F3N3O4S/c1-22(2)42-34(46)32(17-24-7-5-4-6-8-24)43(20-25-11-12-26(36)18-31(25)38)33(45)21-44(49(47,48)28-14-9-23(3)10-15-28)27-13-16-30(37)29(19-27)35(39,40)41/h4-16,18-19,22,32H,17,20-21H2,1-3H3,(H,42,46)/t32-/m1/s1. The summed E-state index contributed by atoms with van der Waals surface area (Å²) >= 11 is 18.5. The normalized spacial score (nSPS) is 12.4. The molecule has 0 bridgehead atoms. The Bertz CT molecular complexity index is 1910. The molecule has 0 aromatic heterocycles. The van der Waals surface area contributed by atoms with Crippen LogP contribution in [0.2, 0.25) is 15.1 Å². The minimum Gasteiger partial charge on any atom is -0.352 e. The summed E-state index contributed by atoms with van der Waals surface area (Å²) in [5.41, 5.74) is 0.0858. The molecular weight excluding hydrogens is 722 g/mol. The summed E-state index contributed by atoms with van der Waals surface area (Å²) in [5.74, 6) is -1.42. The zero-order chi connectivity index (χ0) is 36.1. The SMILES string of the molecule is Cc1ccc(S(=O)(=O)N(CC(=O)N(Cc2ccc(Cl)cc2Cl)[C@H](Cc2ccccc2)C(=O)NC(C)C)c2ccc(Cl)c(C(F)(F)F)c2)cc1. The van der Waals surface area contributed by atoms with E-state index in [0.717, 1.165) is 17.7 Å². The van der Waals surface area contributed by atoms with E-state index in [2.05, 4.69) is 5.32 Å². The Morgan fingerprint density at radius 1 is 0.857 bits per heavy atom. The molecule has 0 saturated carbocycles. The van der Waals surface area contributed by atoms with Crippen molar-refractivity contribution in [2.75, 3.05) is 10.8 Å². The van der Waals surface area contributed by atoms with Gasteiger partial charge in [0.05, 0.1) is 21.2 Å². The van der Waals surface area contributed by atoms with Crippen molar-refractivity contribution in [3.63, 3.8) is 0 Å².